The van der Waals surface area contributed by atoms with Gasteiger partial charge in [0.15, 0.2) is 0 Å². The minimum atomic E-state index is -0.556. The van der Waals surface area contributed by atoms with Crippen molar-refractivity contribution in [2.75, 3.05) is 7.11 Å². The summed E-state index contributed by atoms with van der Waals surface area (Å²) in [7, 11) is 1.27. The average molecular weight is 319 g/mol. The fourth-order valence-electron chi connectivity index (χ4n) is 3.14. The lowest BCUT2D eigenvalue weighted by Crippen LogP contribution is -2.21. The summed E-state index contributed by atoms with van der Waals surface area (Å²) >= 11 is 1.98. The van der Waals surface area contributed by atoms with Crippen molar-refractivity contribution in [3.8, 4) is 0 Å². The van der Waals surface area contributed by atoms with E-state index in [4.69, 9.17) is 0 Å². The van der Waals surface area contributed by atoms with Crippen LogP contribution in [0.15, 0.2) is 24.3 Å². The Labute approximate surface area is 132 Å². The maximum atomic E-state index is 11.6. The first-order valence-electron chi connectivity index (χ1n) is 7.31. The van der Waals surface area contributed by atoms with Gasteiger partial charge in [-0.3, -0.25) is 10.1 Å². The summed E-state index contributed by atoms with van der Waals surface area (Å²) in [6.45, 7) is 0. The molecule has 1 aromatic carbocycles. The third kappa shape index (κ3) is 2.88. The van der Waals surface area contributed by atoms with E-state index in [0.717, 1.165) is 18.4 Å². The minimum Gasteiger partial charge on any atom is -0.465 e. The van der Waals surface area contributed by atoms with Crippen molar-refractivity contribution in [3.63, 3.8) is 0 Å². The predicted octanol–water partition coefficient (Wildman–Crippen LogP) is 3.82. The van der Waals surface area contributed by atoms with Gasteiger partial charge in [0.25, 0.3) is 5.69 Å². The number of carbonyl (C=O) groups is 1. The lowest BCUT2D eigenvalue weighted by atomic mass is 9.92. The highest BCUT2D eigenvalue weighted by Gasteiger charge is 2.30. The second-order valence-corrected chi connectivity index (χ2v) is 7.15. The normalized spacial score (nSPS) is 23.6. The van der Waals surface area contributed by atoms with E-state index in [2.05, 4.69) is 10.8 Å². The number of nitrogens with zero attached hydrogens (tertiary/aromatic N) is 1. The van der Waals surface area contributed by atoms with Crippen LogP contribution in [0.3, 0.4) is 0 Å². The quantitative estimate of drug-likeness (QED) is 0.481. The van der Waals surface area contributed by atoms with Gasteiger partial charge in [-0.2, -0.15) is 11.8 Å². The summed E-state index contributed by atoms with van der Waals surface area (Å²) in [6.07, 6.45) is 6.57. The number of esters is 1. The molecule has 0 spiro atoms. The Hall–Kier alpha value is -1.82. The van der Waals surface area contributed by atoms with Crippen molar-refractivity contribution in [3.05, 3.63) is 45.5 Å². The molecule has 0 aromatic heterocycles. The van der Waals surface area contributed by atoms with Gasteiger partial charge in [-0.05, 0) is 37.0 Å². The second kappa shape index (κ2) is 6.12. The zero-order valence-electron chi connectivity index (χ0n) is 12.3. The summed E-state index contributed by atoms with van der Waals surface area (Å²) < 4.78 is 4.64. The highest BCUT2D eigenvalue weighted by Crippen LogP contribution is 2.44. The third-order valence-electron chi connectivity index (χ3n) is 4.18. The summed E-state index contributed by atoms with van der Waals surface area (Å²) in [6, 6.07) is 4.61. The highest BCUT2D eigenvalue weighted by atomic mass is 32.2. The number of hydrogen-bond acceptors (Lipinski definition) is 5. The first-order valence-corrected chi connectivity index (χ1v) is 8.26. The van der Waals surface area contributed by atoms with E-state index in [1.165, 1.54) is 26.0 Å². The Bertz CT molecular complexity index is 656. The van der Waals surface area contributed by atoms with Crippen LogP contribution < -0.4 is 0 Å². The minimum absolute atomic E-state index is 0.0147. The van der Waals surface area contributed by atoms with E-state index in [9.17, 15) is 14.9 Å². The molecule has 0 saturated carbocycles. The van der Waals surface area contributed by atoms with E-state index < -0.39 is 10.9 Å². The number of thioether (sulfide) groups is 1. The second-order valence-electron chi connectivity index (χ2n) is 5.60. The molecular weight excluding hydrogens is 302 g/mol. The van der Waals surface area contributed by atoms with Crippen molar-refractivity contribution in [1.82, 2.24) is 0 Å². The topological polar surface area (TPSA) is 69.4 Å². The van der Waals surface area contributed by atoms with E-state index in [0.29, 0.717) is 16.1 Å². The zero-order valence-corrected chi connectivity index (χ0v) is 13.1. The van der Waals surface area contributed by atoms with Crippen molar-refractivity contribution in [2.24, 2.45) is 0 Å². The molecule has 116 valence electrons. The summed E-state index contributed by atoms with van der Waals surface area (Å²) in [5.74, 6) is -0.556. The predicted molar refractivity (Wildman–Crippen MR) is 86.0 cm³/mol. The molecule has 1 aromatic rings. The van der Waals surface area contributed by atoms with Gasteiger partial charge in [-0.25, -0.2) is 4.79 Å². The molecule has 2 aliphatic heterocycles. The third-order valence-corrected chi connectivity index (χ3v) is 5.69. The summed E-state index contributed by atoms with van der Waals surface area (Å²) in [4.78, 5) is 22.6. The first-order chi connectivity index (χ1) is 10.6. The molecule has 0 aliphatic carbocycles. The Balaban J connectivity index is 2.01. The maximum Gasteiger partial charge on any atom is 0.338 e. The van der Waals surface area contributed by atoms with Crippen LogP contribution in [0.5, 0.6) is 0 Å². The van der Waals surface area contributed by atoms with Crippen LogP contribution in [-0.2, 0) is 4.74 Å². The number of nitro groups is 1. The summed E-state index contributed by atoms with van der Waals surface area (Å²) in [5.41, 5.74) is 1.87. The van der Waals surface area contributed by atoms with Gasteiger partial charge < -0.3 is 4.74 Å². The van der Waals surface area contributed by atoms with Gasteiger partial charge in [-0.15, -0.1) is 0 Å². The Morgan fingerprint density at radius 2 is 2.23 bits per heavy atom. The molecule has 6 heteroatoms. The van der Waals surface area contributed by atoms with Crippen LogP contribution >= 0.6 is 11.8 Å². The standard InChI is InChI=1S/C16H17NO4S/c1-21-16(18)10-5-6-14(15(9-10)17(19)20)11-7-12-3-2-4-13(8-11)22-12/h5-7,9,12-13H,2-4,8H2,1H3. The molecule has 1 fully saturated rings. The molecule has 2 atom stereocenters. The van der Waals surface area contributed by atoms with Crippen LogP contribution in [0.2, 0.25) is 0 Å². The van der Waals surface area contributed by atoms with Crippen LogP contribution in [0.25, 0.3) is 5.57 Å². The van der Waals surface area contributed by atoms with Crippen LogP contribution in [0.4, 0.5) is 5.69 Å². The molecule has 2 aliphatic rings. The molecule has 3 rings (SSSR count). The number of nitro benzene ring substituents is 1. The fraction of sp³-hybridized carbons (Fsp3) is 0.438. The first kappa shape index (κ1) is 15.1. The number of carbonyl (C=O) groups excluding carboxylic acids is 1. The van der Waals surface area contributed by atoms with Gasteiger partial charge in [0.2, 0.25) is 0 Å². The molecule has 5 nitrogen and oxygen atoms in total. The Kier molecular flexibility index (Phi) is 4.20. The van der Waals surface area contributed by atoms with E-state index in [1.807, 2.05) is 11.8 Å². The van der Waals surface area contributed by atoms with Crippen molar-refractivity contribution in [1.29, 1.82) is 0 Å². The number of fused-ring (bicyclic) bond motifs is 2. The van der Waals surface area contributed by atoms with Crippen molar-refractivity contribution >= 4 is 29.0 Å². The number of ether oxygens (including phenoxy) is 1. The summed E-state index contributed by atoms with van der Waals surface area (Å²) in [5, 5.41) is 12.4. The van der Waals surface area contributed by atoms with Crippen LogP contribution in [0.1, 0.15) is 41.6 Å². The molecule has 1 saturated heterocycles. The largest absolute Gasteiger partial charge is 0.465 e. The number of rotatable bonds is 3. The fourth-order valence-corrected chi connectivity index (χ4v) is 4.76. The maximum absolute atomic E-state index is 11.6. The highest BCUT2D eigenvalue weighted by molar-refractivity contribution is 8.00. The van der Waals surface area contributed by atoms with E-state index in [1.54, 1.807) is 12.1 Å². The lowest BCUT2D eigenvalue weighted by Gasteiger charge is -2.33. The molecule has 0 N–H and O–H groups in total. The van der Waals surface area contributed by atoms with Gasteiger partial charge in [0.1, 0.15) is 0 Å². The molecule has 22 heavy (non-hydrogen) atoms. The van der Waals surface area contributed by atoms with Crippen molar-refractivity contribution in [2.45, 2.75) is 36.2 Å². The Morgan fingerprint density at radius 1 is 1.41 bits per heavy atom. The number of hydrogen-bond donors (Lipinski definition) is 0. The van der Waals surface area contributed by atoms with Gasteiger partial charge in [0, 0.05) is 16.6 Å². The van der Waals surface area contributed by atoms with Crippen LogP contribution in [0, 0.1) is 10.1 Å². The SMILES string of the molecule is COC(=O)c1ccc(C2=CC3CCCC(C2)S3)c([N+](=O)[O-])c1. The van der Waals surface area contributed by atoms with Gasteiger partial charge in [0.05, 0.1) is 23.2 Å². The van der Waals surface area contributed by atoms with Crippen molar-refractivity contribution < 1.29 is 14.5 Å². The monoisotopic (exact) mass is 319 g/mol. The lowest BCUT2D eigenvalue weighted by molar-refractivity contribution is -0.385. The molecule has 0 amide bonds. The van der Waals surface area contributed by atoms with Gasteiger partial charge >= 0.3 is 5.97 Å². The van der Waals surface area contributed by atoms with Crippen LogP contribution in [-0.4, -0.2) is 28.5 Å². The molecule has 2 unspecified atom stereocenters. The number of allylic oxidation sites excluding steroid dienone is 1. The molecular formula is C16H17NO4S. The molecule has 2 bridgehead atoms. The number of methoxy groups -OCH3 is 1. The smallest absolute Gasteiger partial charge is 0.338 e. The van der Waals surface area contributed by atoms with E-state index in [-0.39, 0.29) is 11.3 Å². The molecule has 0 radical (unpaired) electrons. The average Bonchev–Trinajstić information content (AvgIpc) is 2.53. The Morgan fingerprint density at radius 3 is 2.91 bits per heavy atom. The number of benzene rings is 1. The van der Waals surface area contributed by atoms with E-state index >= 15 is 0 Å². The van der Waals surface area contributed by atoms with Gasteiger partial charge in [-0.1, -0.05) is 12.5 Å². The molecule has 2 heterocycles. The zero-order chi connectivity index (χ0) is 15.7.